The lowest BCUT2D eigenvalue weighted by atomic mass is 10.0. The number of hydrogen-bond acceptors (Lipinski definition) is 2. The number of benzene rings is 1. The minimum atomic E-state index is 0.184. The number of aryl methyl sites for hydroxylation is 1. The Kier molecular flexibility index (Phi) is 5.15. The van der Waals surface area contributed by atoms with Crippen LogP contribution in [0.25, 0.3) is 0 Å². The fourth-order valence-corrected chi connectivity index (χ4v) is 3.67. The quantitative estimate of drug-likeness (QED) is 0.776. The van der Waals surface area contributed by atoms with Crippen molar-refractivity contribution in [3.05, 3.63) is 54.7 Å². The van der Waals surface area contributed by atoms with Gasteiger partial charge in [-0.05, 0) is 49.0 Å². The average molecular weight is 335 g/mol. The van der Waals surface area contributed by atoms with Crippen molar-refractivity contribution in [2.45, 2.75) is 19.4 Å². The van der Waals surface area contributed by atoms with Crippen molar-refractivity contribution in [2.24, 2.45) is 0 Å². The first kappa shape index (κ1) is 15.1. The number of halogens is 3. The summed E-state index contributed by atoms with van der Waals surface area (Å²) in [4.78, 5) is 1.16. The zero-order valence-corrected chi connectivity index (χ0v) is 13.7. The monoisotopic (exact) mass is 333 g/mol. The second-order valence-electron chi connectivity index (χ2n) is 4.39. The number of hydrogen-bond donors (Lipinski definition) is 1. The van der Waals surface area contributed by atoms with E-state index < -0.39 is 0 Å². The summed E-state index contributed by atoms with van der Waals surface area (Å²) in [5, 5.41) is 7.40. The molecule has 2 rings (SSSR count). The molecular weight excluding hydrogens is 321 g/mol. The molecule has 0 bridgehead atoms. The van der Waals surface area contributed by atoms with Crippen molar-refractivity contribution in [1.82, 2.24) is 5.32 Å². The molecule has 1 unspecified atom stereocenters. The molecule has 1 heterocycles. The van der Waals surface area contributed by atoms with Crippen LogP contribution in [-0.2, 0) is 6.42 Å². The van der Waals surface area contributed by atoms with E-state index in [9.17, 15) is 0 Å². The lowest BCUT2D eigenvalue weighted by Crippen LogP contribution is -2.18. The molecule has 0 spiro atoms. The van der Waals surface area contributed by atoms with Gasteiger partial charge in [0.25, 0.3) is 0 Å². The second kappa shape index (κ2) is 6.47. The SMILES string of the molecule is CNC(Cc1ccc(Cl)c(Cl)c1)c1scc(C)c1Cl. The lowest BCUT2D eigenvalue weighted by molar-refractivity contribution is 0.602. The van der Waals surface area contributed by atoms with Gasteiger partial charge in [-0.2, -0.15) is 0 Å². The van der Waals surface area contributed by atoms with E-state index in [0.29, 0.717) is 10.0 Å². The predicted octanol–water partition coefficient (Wildman–Crippen LogP) is 5.52. The molecule has 102 valence electrons. The molecule has 0 aliphatic carbocycles. The molecule has 1 nitrogen and oxygen atoms in total. The van der Waals surface area contributed by atoms with Crippen molar-refractivity contribution in [1.29, 1.82) is 0 Å². The van der Waals surface area contributed by atoms with Crippen LogP contribution < -0.4 is 5.32 Å². The maximum absolute atomic E-state index is 6.33. The molecule has 1 aromatic carbocycles. The molecule has 1 atom stereocenters. The standard InChI is InChI=1S/C14H14Cl3NS/c1-8-7-19-14(13(8)17)12(18-2)6-9-3-4-10(15)11(16)5-9/h3-5,7,12,18H,6H2,1-2H3. The molecule has 0 fully saturated rings. The largest absolute Gasteiger partial charge is 0.312 e. The zero-order chi connectivity index (χ0) is 14.0. The van der Waals surface area contributed by atoms with E-state index >= 15 is 0 Å². The first-order valence-electron chi connectivity index (χ1n) is 5.87. The first-order chi connectivity index (χ1) is 9.02. The molecule has 0 amide bonds. The van der Waals surface area contributed by atoms with E-state index in [-0.39, 0.29) is 6.04 Å². The molecule has 1 aromatic heterocycles. The average Bonchev–Trinajstić information content (AvgIpc) is 2.72. The summed E-state index contributed by atoms with van der Waals surface area (Å²) in [6, 6.07) is 5.91. The second-order valence-corrected chi connectivity index (χ2v) is 6.49. The van der Waals surface area contributed by atoms with E-state index in [4.69, 9.17) is 34.8 Å². The summed E-state index contributed by atoms with van der Waals surface area (Å²) in [7, 11) is 1.94. The van der Waals surface area contributed by atoms with E-state index in [2.05, 4.69) is 10.7 Å². The number of thiophene rings is 1. The van der Waals surface area contributed by atoms with Crippen LogP contribution >= 0.6 is 46.1 Å². The number of rotatable bonds is 4. The Labute approximate surface area is 132 Å². The molecule has 0 radical (unpaired) electrons. The van der Waals surface area contributed by atoms with E-state index in [1.165, 1.54) is 0 Å². The van der Waals surface area contributed by atoms with Gasteiger partial charge in [0.15, 0.2) is 0 Å². The van der Waals surface area contributed by atoms with Gasteiger partial charge in [-0.25, -0.2) is 0 Å². The molecule has 0 aliphatic heterocycles. The van der Waals surface area contributed by atoms with Gasteiger partial charge in [0.05, 0.1) is 15.1 Å². The highest BCUT2D eigenvalue weighted by Crippen LogP contribution is 2.34. The van der Waals surface area contributed by atoms with E-state index in [1.807, 2.05) is 32.2 Å². The van der Waals surface area contributed by atoms with Crippen LogP contribution in [0.4, 0.5) is 0 Å². The Morgan fingerprint density at radius 1 is 1.21 bits per heavy atom. The number of nitrogens with one attached hydrogen (secondary N) is 1. The summed E-state index contributed by atoms with van der Waals surface area (Å²) in [5.74, 6) is 0. The fourth-order valence-electron chi connectivity index (χ4n) is 1.91. The zero-order valence-electron chi connectivity index (χ0n) is 10.6. The Hall–Kier alpha value is -0.250. The first-order valence-corrected chi connectivity index (χ1v) is 7.89. The molecule has 0 saturated carbocycles. The number of likely N-dealkylation sites (N-methyl/N-ethyl adjacent to an activating group) is 1. The highest BCUT2D eigenvalue weighted by atomic mass is 35.5. The molecule has 1 N–H and O–H groups in total. The maximum atomic E-state index is 6.33. The van der Waals surface area contributed by atoms with Crippen LogP contribution in [0.1, 0.15) is 22.0 Å². The van der Waals surface area contributed by atoms with Gasteiger partial charge in [-0.15, -0.1) is 11.3 Å². The Morgan fingerprint density at radius 3 is 2.47 bits per heavy atom. The van der Waals surface area contributed by atoms with Gasteiger partial charge >= 0.3 is 0 Å². The third kappa shape index (κ3) is 3.45. The third-order valence-electron chi connectivity index (χ3n) is 3.01. The molecule has 2 aromatic rings. The van der Waals surface area contributed by atoms with Crippen molar-refractivity contribution in [2.75, 3.05) is 7.05 Å². The van der Waals surface area contributed by atoms with Gasteiger partial charge in [0.1, 0.15) is 0 Å². The summed E-state index contributed by atoms with van der Waals surface area (Å²) in [5.41, 5.74) is 2.26. The van der Waals surface area contributed by atoms with E-state index in [0.717, 1.165) is 27.4 Å². The van der Waals surface area contributed by atoms with Crippen molar-refractivity contribution in [3.63, 3.8) is 0 Å². The normalized spacial score (nSPS) is 12.7. The van der Waals surface area contributed by atoms with Gasteiger partial charge in [-0.1, -0.05) is 40.9 Å². The Bertz CT molecular complexity index is 580. The molecular formula is C14H14Cl3NS. The fraction of sp³-hybridized carbons (Fsp3) is 0.286. The van der Waals surface area contributed by atoms with Gasteiger partial charge in [0, 0.05) is 10.9 Å². The molecule has 19 heavy (non-hydrogen) atoms. The highest BCUT2D eigenvalue weighted by Gasteiger charge is 2.17. The van der Waals surface area contributed by atoms with Crippen LogP contribution in [0.15, 0.2) is 23.6 Å². The van der Waals surface area contributed by atoms with Crippen molar-refractivity contribution < 1.29 is 0 Å². The molecule has 0 aliphatic rings. The molecule has 5 heteroatoms. The Morgan fingerprint density at radius 2 is 1.95 bits per heavy atom. The maximum Gasteiger partial charge on any atom is 0.0595 e. The van der Waals surface area contributed by atoms with Gasteiger partial charge in [0.2, 0.25) is 0 Å². The predicted molar refractivity (Wildman–Crippen MR) is 86.0 cm³/mol. The van der Waals surface area contributed by atoms with E-state index in [1.54, 1.807) is 11.3 Å². The minimum Gasteiger partial charge on any atom is -0.312 e. The summed E-state index contributed by atoms with van der Waals surface area (Å²) >= 11 is 20.0. The third-order valence-corrected chi connectivity index (χ3v) is 5.58. The smallest absolute Gasteiger partial charge is 0.0595 e. The summed E-state index contributed by atoms with van der Waals surface area (Å²) < 4.78 is 0. The molecule has 0 saturated heterocycles. The Balaban J connectivity index is 2.24. The minimum absolute atomic E-state index is 0.184. The highest BCUT2D eigenvalue weighted by molar-refractivity contribution is 7.10. The van der Waals surface area contributed by atoms with Gasteiger partial charge in [-0.3, -0.25) is 0 Å². The lowest BCUT2D eigenvalue weighted by Gasteiger charge is -2.16. The van der Waals surface area contributed by atoms with Crippen LogP contribution in [0.5, 0.6) is 0 Å². The summed E-state index contributed by atoms with van der Waals surface area (Å²) in [6.45, 7) is 2.02. The van der Waals surface area contributed by atoms with Crippen molar-refractivity contribution in [3.8, 4) is 0 Å². The van der Waals surface area contributed by atoms with Crippen LogP contribution in [0.2, 0.25) is 15.1 Å². The van der Waals surface area contributed by atoms with Crippen molar-refractivity contribution >= 4 is 46.1 Å². The van der Waals surface area contributed by atoms with Gasteiger partial charge < -0.3 is 5.32 Å². The summed E-state index contributed by atoms with van der Waals surface area (Å²) in [6.07, 6.45) is 0.826. The topological polar surface area (TPSA) is 12.0 Å². The van der Waals surface area contributed by atoms with Crippen LogP contribution in [0.3, 0.4) is 0 Å². The van der Waals surface area contributed by atoms with Crippen LogP contribution in [0, 0.1) is 6.92 Å². The van der Waals surface area contributed by atoms with Crippen LogP contribution in [-0.4, -0.2) is 7.05 Å².